The van der Waals surface area contributed by atoms with Crippen LogP contribution in [-0.4, -0.2) is 42.1 Å². The first-order chi connectivity index (χ1) is 15.1. The molecule has 2 aromatic carbocycles. The van der Waals surface area contributed by atoms with E-state index in [9.17, 15) is 4.79 Å². The quantitative estimate of drug-likeness (QED) is 0.476. The van der Waals surface area contributed by atoms with E-state index in [1.54, 1.807) is 6.07 Å². The molecule has 0 amide bonds. The molecule has 0 radical (unpaired) electrons. The molecule has 1 N–H and O–H groups in total. The van der Waals surface area contributed by atoms with Crippen molar-refractivity contribution in [1.29, 1.82) is 0 Å². The number of methoxy groups -OCH3 is 1. The number of pyridine rings is 1. The fraction of sp³-hybridized carbons (Fsp3) is 0.167. The molecule has 0 unspecified atom stereocenters. The van der Waals surface area contributed by atoms with Crippen LogP contribution < -0.4 is 10.2 Å². The molecular formula is C24H23N5O2. The summed E-state index contributed by atoms with van der Waals surface area (Å²) >= 11 is 0. The molecule has 7 heteroatoms. The Balaban J connectivity index is 1.90. The molecule has 156 valence electrons. The summed E-state index contributed by atoms with van der Waals surface area (Å²) in [7, 11) is 5.12. The lowest BCUT2D eigenvalue weighted by molar-refractivity contribution is 0.0594. The topological polar surface area (TPSA) is 80.2 Å². The molecule has 0 aliphatic heterocycles. The maximum absolute atomic E-state index is 12.3. The summed E-state index contributed by atoms with van der Waals surface area (Å²) in [5.41, 5.74) is 4.26. The lowest BCUT2D eigenvalue weighted by Crippen LogP contribution is -2.16. The van der Waals surface area contributed by atoms with Gasteiger partial charge in [-0.15, -0.1) is 0 Å². The largest absolute Gasteiger partial charge is 0.464 e. The van der Waals surface area contributed by atoms with E-state index >= 15 is 0 Å². The Labute approximate surface area is 180 Å². The number of aromatic nitrogens is 3. The van der Waals surface area contributed by atoms with E-state index in [0.29, 0.717) is 29.3 Å². The molecule has 0 saturated heterocycles. The average Bonchev–Trinajstić information content (AvgIpc) is 2.82. The molecule has 0 saturated carbocycles. The van der Waals surface area contributed by atoms with Crippen LogP contribution in [0.2, 0.25) is 0 Å². The molecule has 0 fully saturated rings. The van der Waals surface area contributed by atoms with E-state index in [1.165, 1.54) is 7.11 Å². The third kappa shape index (κ3) is 4.30. The first kappa shape index (κ1) is 20.3. The van der Waals surface area contributed by atoms with Crippen LogP contribution in [0, 0.1) is 0 Å². The minimum absolute atomic E-state index is 0.213. The van der Waals surface area contributed by atoms with Crippen molar-refractivity contribution >= 4 is 28.8 Å². The van der Waals surface area contributed by atoms with E-state index in [-0.39, 0.29) is 5.69 Å². The summed E-state index contributed by atoms with van der Waals surface area (Å²) in [6.07, 6.45) is 0. The summed E-state index contributed by atoms with van der Waals surface area (Å²) < 4.78 is 4.92. The number of esters is 1. The van der Waals surface area contributed by atoms with Gasteiger partial charge in [0.1, 0.15) is 16.7 Å². The molecule has 0 atom stereocenters. The molecule has 4 aromatic rings. The zero-order valence-electron chi connectivity index (χ0n) is 17.7. The second kappa shape index (κ2) is 8.79. The van der Waals surface area contributed by atoms with Crippen LogP contribution in [-0.2, 0) is 11.3 Å². The standard InChI is InChI=1S/C24H23N5O2/c1-29(2)22-21-20(27-24(28-22)25-15-16-10-6-4-7-11-16)18(17-12-8-5-9-13-17)14-19(26-21)23(30)31-3/h4-14H,15H2,1-3H3,(H,25,27,28). The maximum atomic E-state index is 12.3. The minimum Gasteiger partial charge on any atom is -0.464 e. The number of ether oxygens (including phenoxy) is 1. The fourth-order valence-electron chi connectivity index (χ4n) is 3.31. The van der Waals surface area contributed by atoms with Crippen molar-refractivity contribution < 1.29 is 9.53 Å². The molecule has 0 spiro atoms. The number of hydrogen-bond acceptors (Lipinski definition) is 7. The minimum atomic E-state index is -0.505. The van der Waals surface area contributed by atoms with Gasteiger partial charge in [0.05, 0.1) is 7.11 Å². The highest BCUT2D eigenvalue weighted by Gasteiger charge is 2.20. The van der Waals surface area contributed by atoms with Gasteiger partial charge < -0.3 is 15.0 Å². The van der Waals surface area contributed by atoms with Crippen molar-refractivity contribution in [3.8, 4) is 11.1 Å². The van der Waals surface area contributed by atoms with E-state index in [4.69, 9.17) is 9.72 Å². The number of nitrogens with zero attached hydrogens (tertiary/aromatic N) is 4. The van der Waals surface area contributed by atoms with E-state index in [1.807, 2.05) is 79.7 Å². The van der Waals surface area contributed by atoms with E-state index in [2.05, 4.69) is 15.3 Å². The van der Waals surface area contributed by atoms with Crippen LogP contribution in [0.25, 0.3) is 22.2 Å². The Hall–Kier alpha value is -4.00. The summed E-state index contributed by atoms with van der Waals surface area (Å²) in [6.45, 7) is 0.591. The lowest BCUT2D eigenvalue weighted by Gasteiger charge is -2.17. The van der Waals surface area contributed by atoms with Crippen molar-refractivity contribution in [2.24, 2.45) is 0 Å². The van der Waals surface area contributed by atoms with Gasteiger partial charge in [0, 0.05) is 26.2 Å². The summed E-state index contributed by atoms with van der Waals surface area (Å²) in [5, 5.41) is 3.31. The van der Waals surface area contributed by atoms with Gasteiger partial charge in [0.15, 0.2) is 5.82 Å². The summed E-state index contributed by atoms with van der Waals surface area (Å²) in [5.74, 6) is 0.600. The highest BCUT2D eigenvalue weighted by Crippen LogP contribution is 2.32. The van der Waals surface area contributed by atoms with Gasteiger partial charge in [-0.25, -0.2) is 14.8 Å². The highest BCUT2D eigenvalue weighted by atomic mass is 16.5. The van der Waals surface area contributed by atoms with Crippen LogP contribution in [0.3, 0.4) is 0 Å². The van der Waals surface area contributed by atoms with Crippen molar-refractivity contribution in [2.45, 2.75) is 6.54 Å². The van der Waals surface area contributed by atoms with Gasteiger partial charge >= 0.3 is 5.97 Å². The Morgan fingerprint density at radius 3 is 2.26 bits per heavy atom. The second-order valence-corrected chi connectivity index (χ2v) is 7.21. The third-order valence-electron chi connectivity index (χ3n) is 4.83. The number of rotatable bonds is 6. The molecule has 2 aromatic heterocycles. The monoisotopic (exact) mass is 413 g/mol. The molecule has 4 rings (SSSR count). The van der Waals surface area contributed by atoms with E-state index < -0.39 is 5.97 Å². The Kier molecular flexibility index (Phi) is 5.75. The smallest absolute Gasteiger partial charge is 0.356 e. The SMILES string of the molecule is COC(=O)c1cc(-c2ccccc2)c2nc(NCc3ccccc3)nc(N(C)C)c2n1. The normalized spacial score (nSPS) is 10.7. The number of carbonyl (C=O) groups is 1. The fourth-order valence-corrected chi connectivity index (χ4v) is 3.31. The first-order valence-electron chi connectivity index (χ1n) is 9.88. The van der Waals surface area contributed by atoms with Crippen LogP contribution >= 0.6 is 0 Å². The number of benzene rings is 2. The van der Waals surface area contributed by atoms with Crippen molar-refractivity contribution in [3.63, 3.8) is 0 Å². The highest BCUT2D eigenvalue weighted by molar-refractivity contribution is 6.01. The summed E-state index contributed by atoms with van der Waals surface area (Å²) in [4.78, 5) is 28.1. The van der Waals surface area contributed by atoms with Gasteiger partial charge in [-0.2, -0.15) is 4.98 Å². The lowest BCUT2D eigenvalue weighted by atomic mass is 10.0. The average molecular weight is 413 g/mol. The van der Waals surface area contributed by atoms with Gasteiger partial charge in [-0.3, -0.25) is 0 Å². The third-order valence-corrected chi connectivity index (χ3v) is 4.83. The maximum Gasteiger partial charge on any atom is 0.356 e. The molecular weight excluding hydrogens is 390 g/mol. The zero-order valence-corrected chi connectivity index (χ0v) is 17.7. The van der Waals surface area contributed by atoms with Crippen LogP contribution in [0.1, 0.15) is 16.1 Å². The second-order valence-electron chi connectivity index (χ2n) is 7.21. The van der Waals surface area contributed by atoms with E-state index in [0.717, 1.165) is 16.7 Å². The number of hydrogen-bond donors (Lipinski definition) is 1. The van der Waals surface area contributed by atoms with Crippen molar-refractivity contribution in [2.75, 3.05) is 31.4 Å². The number of carbonyl (C=O) groups excluding carboxylic acids is 1. The molecule has 2 heterocycles. The molecule has 7 nitrogen and oxygen atoms in total. The first-order valence-corrected chi connectivity index (χ1v) is 9.88. The van der Waals surface area contributed by atoms with Gasteiger partial charge in [0.25, 0.3) is 0 Å². The van der Waals surface area contributed by atoms with Crippen LogP contribution in [0.5, 0.6) is 0 Å². The summed E-state index contributed by atoms with van der Waals surface area (Å²) in [6, 6.07) is 21.6. The van der Waals surface area contributed by atoms with Gasteiger partial charge in [-0.05, 0) is 17.2 Å². The molecule has 31 heavy (non-hydrogen) atoms. The Morgan fingerprint density at radius 2 is 1.61 bits per heavy atom. The number of fused-ring (bicyclic) bond motifs is 1. The van der Waals surface area contributed by atoms with Crippen molar-refractivity contribution in [1.82, 2.24) is 15.0 Å². The van der Waals surface area contributed by atoms with Crippen molar-refractivity contribution in [3.05, 3.63) is 78.0 Å². The molecule has 0 aliphatic carbocycles. The molecule has 0 bridgehead atoms. The Morgan fingerprint density at radius 1 is 0.935 bits per heavy atom. The number of nitrogens with one attached hydrogen (secondary N) is 1. The predicted molar refractivity (Wildman–Crippen MR) is 122 cm³/mol. The van der Waals surface area contributed by atoms with Crippen LogP contribution in [0.15, 0.2) is 66.7 Å². The molecule has 0 aliphatic rings. The predicted octanol–water partition coefficient (Wildman–Crippen LogP) is 4.16. The van der Waals surface area contributed by atoms with Gasteiger partial charge in [0.2, 0.25) is 5.95 Å². The van der Waals surface area contributed by atoms with Crippen LogP contribution in [0.4, 0.5) is 11.8 Å². The van der Waals surface area contributed by atoms with Gasteiger partial charge in [-0.1, -0.05) is 60.7 Å². The Bertz CT molecular complexity index is 1210. The zero-order chi connectivity index (χ0) is 21.8. The number of anilines is 2.